The van der Waals surface area contributed by atoms with Gasteiger partial charge in [0.1, 0.15) is 5.75 Å². The molecule has 1 atom stereocenters. The number of hydrogen-bond donors (Lipinski definition) is 0. The predicted octanol–water partition coefficient (Wildman–Crippen LogP) is 4.66. The number of aryl methyl sites for hydroxylation is 1. The Balaban J connectivity index is 1.80. The van der Waals surface area contributed by atoms with E-state index in [0.29, 0.717) is 23.5 Å². The van der Waals surface area contributed by atoms with Crippen LogP contribution in [0, 0.1) is 10.1 Å². The Bertz CT molecular complexity index is 877. The predicted molar refractivity (Wildman–Crippen MR) is 102 cm³/mol. The lowest BCUT2D eigenvalue weighted by Crippen LogP contribution is -2.40. The molecule has 2 aromatic rings. The van der Waals surface area contributed by atoms with Crippen LogP contribution in [0.4, 0.5) is 20.2 Å². The number of para-hydroxylation sites is 1. The quantitative estimate of drug-likeness (QED) is 0.395. The number of ether oxygens (including phenoxy) is 1. The number of rotatable bonds is 6. The van der Waals surface area contributed by atoms with Gasteiger partial charge in [-0.3, -0.25) is 14.9 Å². The van der Waals surface area contributed by atoms with Gasteiger partial charge in [0.25, 0.3) is 5.69 Å². The third-order valence-corrected chi connectivity index (χ3v) is 5.47. The van der Waals surface area contributed by atoms with Gasteiger partial charge >= 0.3 is 6.61 Å². The molecule has 9 heteroatoms. The molecule has 1 unspecified atom stereocenters. The van der Waals surface area contributed by atoms with E-state index in [1.807, 2.05) is 0 Å². The van der Waals surface area contributed by atoms with Gasteiger partial charge < -0.3 is 9.64 Å². The Hall–Kier alpha value is -2.68. The summed E-state index contributed by atoms with van der Waals surface area (Å²) in [5.41, 5.74) is 1.17. The number of anilines is 1. The van der Waals surface area contributed by atoms with Crippen molar-refractivity contribution in [3.8, 4) is 5.75 Å². The third kappa shape index (κ3) is 4.41. The molecule has 0 N–H and O–H groups in total. The molecule has 0 aromatic heterocycles. The van der Waals surface area contributed by atoms with Crippen molar-refractivity contribution >= 4 is 29.0 Å². The van der Waals surface area contributed by atoms with Crippen molar-refractivity contribution in [1.29, 1.82) is 0 Å². The van der Waals surface area contributed by atoms with E-state index < -0.39 is 16.8 Å². The van der Waals surface area contributed by atoms with Crippen LogP contribution in [0.3, 0.4) is 0 Å². The molecule has 0 spiro atoms. The molecule has 1 aliphatic rings. The summed E-state index contributed by atoms with van der Waals surface area (Å²) in [6.45, 7) is -0.836. The van der Waals surface area contributed by atoms with Crippen molar-refractivity contribution < 1.29 is 23.2 Å². The molecule has 28 heavy (non-hydrogen) atoms. The highest BCUT2D eigenvalue weighted by Gasteiger charge is 2.30. The smallest absolute Gasteiger partial charge is 0.387 e. The Kier molecular flexibility index (Phi) is 6.13. The molecule has 0 saturated heterocycles. The zero-order chi connectivity index (χ0) is 20.3. The monoisotopic (exact) mass is 408 g/mol. The summed E-state index contributed by atoms with van der Waals surface area (Å²) >= 11 is 1.26. The number of fused-ring (bicyclic) bond motifs is 1. The van der Waals surface area contributed by atoms with Crippen LogP contribution < -0.4 is 9.64 Å². The molecule has 3 rings (SSSR count). The number of halogens is 2. The van der Waals surface area contributed by atoms with Crippen molar-refractivity contribution in [3.05, 3.63) is 58.1 Å². The minimum absolute atomic E-state index is 0.00640. The first-order valence-electron chi connectivity index (χ1n) is 8.66. The Morgan fingerprint density at radius 1 is 1.25 bits per heavy atom. The summed E-state index contributed by atoms with van der Waals surface area (Å²) in [7, 11) is 0. The van der Waals surface area contributed by atoms with E-state index in [1.54, 1.807) is 31.2 Å². The number of nitrogens with zero attached hydrogens (tertiary/aromatic N) is 2. The maximum absolute atomic E-state index is 13.0. The van der Waals surface area contributed by atoms with Crippen LogP contribution >= 0.6 is 11.8 Å². The van der Waals surface area contributed by atoms with Crippen LogP contribution in [0.5, 0.6) is 5.75 Å². The third-order valence-electron chi connectivity index (χ3n) is 4.37. The standard InChI is InChI=1S/C19H18F2N2O4S/c1-12(28-15-9-7-14(8-10-15)23(25)26)18(24)22-11-3-5-13-4-2-6-16(17(13)22)27-19(20)21/h2,4,6-10,12,19H,3,5,11H2,1H3. The number of non-ortho nitro benzene ring substituents is 1. The first kappa shape index (κ1) is 20.1. The highest BCUT2D eigenvalue weighted by Crippen LogP contribution is 2.38. The average molecular weight is 408 g/mol. The van der Waals surface area contributed by atoms with Crippen LogP contribution in [-0.2, 0) is 11.2 Å². The molecule has 6 nitrogen and oxygen atoms in total. The number of alkyl halides is 2. The van der Waals surface area contributed by atoms with Crippen LogP contribution in [0.1, 0.15) is 18.9 Å². The van der Waals surface area contributed by atoms with Crippen molar-refractivity contribution in [3.63, 3.8) is 0 Å². The van der Waals surface area contributed by atoms with E-state index in [9.17, 15) is 23.7 Å². The summed E-state index contributed by atoms with van der Waals surface area (Å²) in [6.07, 6.45) is 1.41. The minimum Gasteiger partial charge on any atom is -0.433 e. The number of carbonyl (C=O) groups excluding carboxylic acids is 1. The van der Waals surface area contributed by atoms with Gasteiger partial charge in [-0.1, -0.05) is 12.1 Å². The lowest BCUT2D eigenvalue weighted by molar-refractivity contribution is -0.384. The lowest BCUT2D eigenvalue weighted by atomic mass is 10.0. The van der Waals surface area contributed by atoms with Gasteiger partial charge in [0.2, 0.25) is 5.91 Å². The second-order valence-corrected chi connectivity index (χ2v) is 7.66. The second-order valence-electron chi connectivity index (χ2n) is 6.25. The summed E-state index contributed by atoms with van der Waals surface area (Å²) in [5, 5.41) is 10.2. The number of thioether (sulfide) groups is 1. The van der Waals surface area contributed by atoms with Crippen LogP contribution in [0.15, 0.2) is 47.4 Å². The molecule has 2 aromatic carbocycles. The van der Waals surface area contributed by atoms with Gasteiger partial charge in [-0.2, -0.15) is 8.78 Å². The topological polar surface area (TPSA) is 72.7 Å². The number of nitro benzene ring substituents is 1. The van der Waals surface area contributed by atoms with Gasteiger partial charge in [0.05, 0.1) is 15.9 Å². The molecule has 0 aliphatic carbocycles. The van der Waals surface area contributed by atoms with Gasteiger partial charge in [-0.15, -0.1) is 11.8 Å². The lowest BCUT2D eigenvalue weighted by Gasteiger charge is -2.32. The molecule has 0 radical (unpaired) electrons. The molecule has 0 fully saturated rings. The van der Waals surface area contributed by atoms with E-state index in [1.165, 1.54) is 34.9 Å². The SMILES string of the molecule is CC(Sc1ccc([N+](=O)[O-])cc1)C(=O)N1CCCc2cccc(OC(F)F)c21. The number of benzene rings is 2. The zero-order valence-corrected chi connectivity index (χ0v) is 15.8. The molecule has 148 valence electrons. The van der Waals surface area contributed by atoms with E-state index >= 15 is 0 Å². The normalized spacial score (nSPS) is 14.5. The number of carbonyl (C=O) groups is 1. The van der Waals surface area contributed by atoms with Crippen molar-refractivity contribution in [2.24, 2.45) is 0 Å². The maximum Gasteiger partial charge on any atom is 0.387 e. The maximum atomic E-state index is 13.0. The summed E-state index contributed by atoms with van der Waals surface area (Å²) < 4.78 is 30.2. The van der Waals surface area contributed by atoms with Gasteiger partial charge in [-0.05, 0) is 43.5 Å². The summed E-state index contributed by atoms with van der Waals surface area (Å²) in [6, 6.07) is 10.8. The molecular formula is C19H18F2N2O4S. The molecule has 0 saturated carbocycles. The fourth-order valence-corrected chi connectivity index (χ4v) is 4.08. The molecule has 1 amide bonds. The van der Waals surface area contributed by atoms with E-state index in [-0.39, 0.29) is 17.3 Å². The molecular weight excluding hydrogens is 390 g/mol. The number of hydrogen-bond acceptors (Lipinski definition) is 5. The van der Waals surface area contributed by atoms with Crippen molar-refractivity contribution in [2.75, 3.05) is 11.4 Å². The van der Waals surface area contributed by atoms with Crippen molar-refractivity contribution in [2.45, 2.75) is 36.5 Å². The van der Waals surface area contributed by atoms with Gasteiger partial charge in [0.15, 0.2) is 0 Å². The first-order valence-corrected chi connectivity index (χ1v) is 9.54. The van der Waals surface area contributed by atoms with Crippen LogP contribution in [0.2, 0.25) is 0 Å². The molecule has 0 bridgehead atoms. The minimum atomic E-state index is -2.97. The van der Waals surface area contributed by atoms with Crippen LogP contribution in [-0.4, -0.2) is 29.2 Å². The fourth-order valence-electron chi connectivity index (χ4n) is 3.15. The Morgan fingerprint density at radius 3 is 2.61 bits per heavy atom. The largest absolute Gasteiger partial charge is 0.433 e. The van der Waals surface area contributed by atoms with Gasteiger partial charge in [0, 0.05) is 23.6 Å². The van der Waals surface area contributed by atoms with Crippen molar-refractivity contribution in [1.82, 2.24) is 0 Å². The van der Waals surface area contributed by atoms with E-state index in [0.717, 1.165) is 12.0 Å². The number of nitro groups is 1. The second kappa shape index (κ2) is 8.55. The van der Waals surface area contributed by atoms with Gasteiger partial charge in [-0.25, -0.2) is 0 Å². The highest BCUT2D eigenvalue weighted by atomic mass is 32.2. The van der Waals surface area contributed by atoms with E-state index in [2.05, 4.69) is 4.74 Å². The first-order chi connectivity index (χ1) is 13.4. The highest BCUT2D eigenvalue weighted by molar-refractivity contribution is 8.00. The summed E-state index contributed by atoms with van der Waals surface area (Å²) in [5.74, 6) is -0.234. The Morgan fingerprint density at radius 2 is 1.96 bits per heavy atom. The molecule has 1 aliphatic heterocycles. The number of amides is 1. The fraction of sp³-hybridized carbons (Fsp3) is 0.316. The zero-order valence-electron chi connectivity index (χ0n) is 15.0. The van der Waals surface area contributed by atoms with E-state index in [4.69, 9.17) is 0 Å². The summed E-state index contributed by atoms with van der Waals surface area (Å²) in [4.78, 5) is 25.5. The molecule has 1 heterocycles. The average Bonchev–Trinajstić information content (AvgIpc) is 2.67. The van der Waals surface area contributed by atoms with Crippen LogP contribution in [0.25, 0.3) is 0 Å². The Labute approximate surface area is 164 Å².